The summed E-state index contributed by atoms with van der Waals surface area (Å²) in [5.74, 6) is -0.477. The van der Waals surface area contributed by atoms with E-state index < -0.39 is 15.8 Å². The molecule has 0 spiro atoms. The molecule has 128 valence electrons. The Hall–Kier alpha value is -2.14. The Morgan fingerprint density at radius 2 is 1.50 bits per heavy atom. The topological polar surface area (TPSA) is 60.4 Å². The Kier molecular flexibility index (Phi) is 5.13. The zero-order valence-corrected chi connectivity index (χ0v) is 15.2. The second-order valence-corrected chi connectivity index (χ2v) is 8.84. The van der Waals surface area contributed by atoms with Gasteiger partial charge in [0.2, 0.25) is 0 Å². The van der Waals surface area contributed by atoms with E-state index in [9.17, 15) is 13.2 Å². The highest BCUT2D eigenvalue weighted by molar-refractivity contribution is 7.90. The van der Waals surface area contributed by atoms with Gasteiger partial charge in [0.25, 0.3) is 0 Å². The van der Waals surface area contributed by atoms with Crippen LogP contribution in [0.2, 0.25) is 0 Å². The van der Waals surface area contributed by atoms with Crippen molar-refractivity contribution < 1.29 is 17.9 Å². The van der Waals surface area contributed by atoms with Crippen LogP contribution in [0.15, 0.2) is 53.4 Å². The van der Waals surface area contributed by atoms with Crippen LogP contribution in [-0.4, -0.2) is 20.6 Å². The Labute approximate surface area is 143 Å². The number of carbonyl (C=O) groups excluding carboxylic acids is 1. The summed E-state index contributed by atoms with van der Waals surface area (Å²) >= 11 is 0. The third-order valence-electron chi connectivity index (χ3n) is 3.71. The highest BCUT2D eigenvalue weighted by atomic mass is 32.2. The van der Waals surface area contributed by atoms with Crippen molar-refractivity contribution in [2.24, 2.45) is 0 Å². The van der Waals surface area contributed by atoms with Crippen LogP contribution in [0.25, 0.3) is 0 Å². The quantitative estimate of drug-likeness (QED) is 0.791. The normalized spacial score (nSPS) is 12.0. The van der Waals surface area contributed by atoms with Gasteiger partial charge < -0.3 is 4.74 Å². The Morgan fingerprint density at radius 1 is 0.958 bits per heavy atom. The molecule has 4 nitrogen and oxygen atoms in total. The first kappa shape index (κ1) is 18.2. The second kappa shape index (κ2) is 6.77. The molecule has 5 heteroatoms. The molecule has 0 aromatic heterocycles. The van der Waals surface area contributed by atoms with E-state index in [0.717, 1.165) is 11.8 Å². The summed E-state index contributed by atoms with van der Waals surface area (Å²) in [6.45, 7) is 6.60. The summed E-state index contributed by atoms with van der Waals surface area (Å²) < 4.78 is 28.1. The predicted octanol–water partition coefficient (Wildman–Crippen LogP) is 3.74. The fourth-order valence-corrected chi connectivity index (χ4v) is 2.80. The fraction of sp³-hybridized carbons (Fsp3) is 0.316. The molecule has 2 rings (SSSR count). The standard InChI is InChI=1S/C19H22O4S/c1-19(2,3)16-9-5-14(6-10-16)13-23-18(20)15-7-11-17(12-8-15)24(4,21)22/h5-12H,13H2,1-4H3. The number of ether oxygens (including phenoxy) is 1. The summed E-state index contributed by atoms with van der Waals surface area (Å²) in [6.07, 6.45) is 1.13. The number of rotatable bonds is 4. The monoisotopic (exact) mass is 346 g/mol. The maximum Gasteiger partial charge on any atom is 0.338 e. The minimum absolute atomic E-state index is 0.0799. The van der Waals surface area contributed by atoms with Crippen molar-refractivity contribution in [1.82, 2.24) is 0 Å². The van der Waals surface area contributed by atoms with Crippen molar-refractivity contribution in [1.29, 1.82) is 0 Å². The van der Waals surface area contributed by atoms with Crippen LogP contribution in [-0.2, 0) is 26.6 Å². The fourth-order valence-electron chi connectivity index (χ4n) is 2.17. The molecule has 0 N–H and O–H groups in total. The summed E-state index contributed by atoms with van der Waals surface area (Å²) in [6, 6.07) is 13.7. The van der Waals surface area contributed by atoms with E-state index in [-0.39, 0.29) is 16.9 Å². The first-order valence-electron chi connectivity index (χ1n) is 7.64. The molecule has 0 saturated carbocycles. The van der Waals surface area contributed by atoms with Crippen molar-refractivity contribution in [2.45, 2.75) is 37.7 Å². The van der Waals surface area contributed by atoms with Gasteiger partial charge in [0.05, 0.1) is 10.5 Å². The molecule has 24 heavy (non-hydrogen) atoms. The molecule has 2 aromatic carbocycles. The van der Waals surface area contributed by atoms with E-state index in [1.165, 1.54) is 29.8 Å². The number of hydrogen-bond acceptors (Lipinski definition) is 4. The zero-order valence-electron chi connectivity index (χ0n) is 14.4. The van der Waals surface area contributed by atoms with Crippen molar-refractivity contribution in [3.05, 3.63) is 65.2 Å². The molecule has 0 heterocycles. The summed E-state index contributed by atoms with van der Waals surface area (Å²) in [7, 11) is -3.27. The second-order valence-electron chi connectivity index (χ2n) is 6.82. The van der Waals surface area contributed by atoms with Crippen molar-refractivity contribution in [3.63, 3.8) is 0 Å². The molecule has 0 aliphatic heterocycles. The van der Waals surface area contributed by atoms with E-state index >= 15 is 0 Å². The third kappa shape index (κ3) is 4.68. The summed E-state index contributed by atoms with van der Waals surface area (Å²) in [5.41, 5.74) is 2.53. The average molecular weight is 346 g/mol. The molecule has 0 unspecified atom stereocenters. The van der Waals surface area contributed by atoms with Gasteiger partial charge in [0, 0.05) is 6.26 Å². The van der Waals surface area contributed by atoms with E-state index in [0.29, 0.717) is 5.56 Å². The molecule has 0 aliphatic rings. The smallest absolute Gasteiger partial charge is 0.338 e. The molecule has 0 saturated heterocycles. The lowest BCUT2D eigenvalue weighted by Crippen LogP contribution is -2.11. The largest absolute Gasteiger partial charge is 0.457 e. The Balaban J connectivity index is 2.00. The SMILES string of the molecule is CC(C)(C)c1ccc(COC(=O)c2ccc(S(C)(=O)=O)cc2)cc1. The van der Waals surface area contributed by atoms with Gasteiger partial charge >= 0.3 is 5.97 Å². The Morgan fingerprint density at radius 3 is 1.96 bits per heavy atom. The van der Waals surface area contributed by atoms with E-state index in [1.54, 1.807) is 0 Å². The number of hydrogen-bond donors (Lipinski definition) is 0. The van der Waals surface area contributed by atoms with Gasteiger partial charge in [-0.1, -0.05) is 45.0 Å². The Bertz CT molecular complexity index is 811. The van der Waals surface area contributed by atoms with Crippen molar-refractivity contribution in [2.75, 3.05) is 6.26 Å². The van der Waals surface area contributed by atoms with Crippen LogP contribution >= 0.6 is 0 Å². The number of sulfone groups is 1. The van der Waals surface area contributed by atoms with Gasteiger partial charge in [-0.3, -0.25) is 0 Å². The molecule has 0 bridgehead atoms. The summed E-state index contributed by atoms with van der Waals surface area (Å²) in [4.78, 5) is 12.2. The number of benzene rings is 2. The van der Waals surface area contributed by atoms with Gasteiger partial charge in [-0.25, -0.2) is 13.2 Å². The van der Waals surface area contributed by atoms with Gasteiger partial charge in [0.15, 0.2) is 9.84 Å². The maximum absolute atomic E-state index is 12.0. The minimum Gasteiger partial charge on any atom is -0.457 e. The zero-order chi connectivity index (χ0) is 18.0. The lowest BCUT2D eigenvalue weighted by molar-refractivity contribution is 0.0472. The molecule has 0 amide bonds. The minimum atomic E-state index is -3.27. The molecule has 0 atom stereocenters. The van der Waals surface area contributed by atoms with E-state index in [1.807, 2.05) is 24.3 Å². The third-order valence-corrected chi connectivity index (χ3v) is 4.84. The van der Waals surface area contributed by atoms with Gasteiger partial charge in [0.1, 0.15) is 6.61 Å². The van der Waals surface area contributed by atoms with E-state index in [4.69, 9.17) is 4.74 Å². The molecule has 0 radical (unpaired) electrons. The molecular formula is C19H22O4S. The predicted molar refractivity (Wildman–Crippen MR) is 93.8 cm³/mol. The molecule has 0 fully saturated rings. The first-order chi connectivity index (χ1) is 11.1. The van der Waals surface area contributed by atoms with Crippen LogP contribution in [0.1, 0.15) is 42.3 Å². The summed E-state index contributed by atoms with van der Waals surface area (Å²) in [5, 5.41) is 0. The first-order valence-corrected chi connectivity index (χ1v) is 9.53. The lowest BCUT2D eigenvalue weighted by Gasteiger charge is -2.19. The van der Waals surface area contributed by atoms with Gasteiger partial charge in [-0.05, 0) is 40.8 Å². The van der Waals surface area contributed by atoms with Crippen molar-refractivity contribution in [3.8, 4) is 0 Å². The number of carbonyl (C=O) groups is 1. The molecule has 2 aromatic rings. The highest BCUT2D eigenvalue weighted by Gasteiger charge is 2.14. The van der Waals surface area contributed by atoms with Crippen LogP contribution < -0.4 is 0 Å². The maximum atomic E-state index is 12.0. The lowest BCUT2D eigenvalue weighted by atomic mass is 9.87. The van der Waals surface area contributed by atoms with Gasteiger partial charge in [-0.2, -0.15) is 0 Å². The van der Waals surface area contributed by atoms with Crippen molar-refractivity contribution >= 4 is 15.8 Å². The molecular weight excluding hydrogens is 324 g/mol. The average Bonchev–Trinajstić information content (AvgIpc) is 2.51. The van der Waals surface area contributed by atoms with Crippen LogP contribution in [0.5, 0.6) is 0 Å². The van der Waals surface area contributed by atoms with Crippen LogP contribution in [0.3, 0.4) is 0 Å². The van der Waals surface area contributed by atoms with Crippen LogP contribution in [0.4, 0.5) is 0 Å². The van der Waals surface area contributed by atoms with E-state index in [2.05, 4.69) is 20.8 Å². The van der Waals surface area contributed by atoms with Crippen LogP contribution in [0, 0.1) is 0 Å². The highest BCUT2D eigenvalue weighted by Crippen LogP contribution is 2.22. The van der Waals surface area contributed by atoms with Gasteiger partial charge in [-0.15, -0.1) is 0 Å². The molecule has 0 aliphatic carbocycles. The number of esters is 1.